The first-order valence-corrected chi connectivity index (χ1v) is 9.30. The van der Waals surface area contributed by atoms with E-state index in [1.54, 1.807) is 36.5 Å². The van der Waals surface area contributed by atoms with Crippen LogP contribution in [0.1, 0.15) is 4.88 Å². The van der Waals surface area contributed by atoms with Crippen molar-refractivity contribution in [3.63, 3.8) is 0 Å². The van der Waals surface area contributed by atoms with Crippen molar-refractivity contribution in [3.8, 4) is 0 Å². The third-order valence-corrected chi connectivity index (χ3v) is 5.76. The highest BCUT2D eigenvalue weighted by Crippen LogP contribution is 2.27. The number of rotatable bonds is 4. The minimum atomic E-state index is -3.65. The topological polar surface area (TPSA) is 72.0 Å². The maximum absolute atomic E-state index is 12.7. The number of aromatic nitrogens is 2. The van der Waals surface area contributed by atoms with Crippen molar-refractivity contribution in [1.29, 1.82) is 0 Å². The predicted molar refractivity (Wildman–Crippen MR) is 91.3 cm³/mol. The number of nitrogens with one attached hydrogen (secondary N) is 1. The van der Waals surface area contributed by atoms with Crippen LogP contribution >= 0.6 is 22.9 Å². The summed E-state index contributed by atoms with van der Waals surface area (Å²) in [6.45, 7) is 1.93. The second-order valence-corrected chi connectivity index (χ2v) is 8.30. The Morgan fingerprint density at radius 2 is 1.87 bits per heavy atom. The van der Waals surface area contributed by atoms with Gasteiger partial charge in [0.2, 0.25) is 9.84 Å². The van der Waals surface area contributed by atoms with E-state index in [0.717, 1.165) is 4.88 Å². The number of hydrogen-bond acceptors (Lipinski definition) is 6. The number of nitrogens with zero attached hydrogens (tertiary/aromatic N) is 2. The summed E-state index contributed by atoms with van der Waals surface area (Å²) >= 11 is 7.43. The van der Waals surface area contributed by atoms with Gasteiger partial charge in [0, 0.05) is 17.1 Å². The number of hydrogen-bond donors (Lipinski definition) is 1. The number of halogens is 1. The normalized spacial score (nSPS) is 11.4. The van der Waals surface area contributed by atoms with E-state index < -0.39 is 9.84 Å². The summed E-state index contributed by atoms with van der Waals surface area (Å²) in [6.07, 6.45) is 1.72. The van der Waals surface area contributed by atoms with Crippen LogP contribution < -0.4 is 5.32 Å². The van der Waals surface area contributed by atoms with Crippen molar-refractivity contribution in [3.05, 3.63) is 58.7 Å². The Balaban J connectivity index is 2.01. The molecule has 0 spiro atoms. The first-order valence-electron chi connectivity index (χ1n) is 6.62. The fourth-order valence-corrected chi connectivity index (χ4v) is 4.22. The van der Waals surface area contributed by atoms with Gasteiger partial charge in [-0.3, -0.25) is 0 Å². The van der Waals surface area contributed by atoms with E-state index >= 15 is 0 Å². The molecule has 118 valence electrons. The van der Waals surface area contributed by atoms with Crippen molar-refractivity contribution in [2.24, 2.45) is 0 Å². The Morgan fingerprint density at radius 3 is 2.52 bits per heavy atom. The lowest BCUT2D eigenvalue weighted by Crippen LogP contribution is -2.04. The van der Waals surface area contributed by atoms with Crippen molar-refractivity contribution < 1.29 is 8.42 Å². The second-order valence-electron chi connectivity index (χ2n) is 4.73. The molecule has 0 bridgehead atoms. The second kappa shape index (κ2) is 6.27. The van der Waals surface area contributed by atoms with Crippen LogP contribution in [0.2, 0.25) is 5.15 Å². The maximum Gasteiger partial charge on any atom is 0.206 e. The molecule has 0 aliphatic carbocycles. The molecule has 3 aromatic rings. The van der Waals surface area contributed by atoms with Crippen molar-refractivity contribution in [2.75, 3.05) is 5.32 Å². The molecule has 0 aliphatic heterocycles. The molecule has 1 aromatic carbocycles. The fraction of sp³-hybridized carbons (Fsp3) is 0.0667. The third kappa shape index (κ3) is 3.52. The number of sulfone groups is 1. The quantitative estimate of drug-likeness (QED) is 0.705. The van der Waals surface area contributed by atoms with E-state index in [2.05, 4.69) is 15.3 Å². The summed E-state index contributed by atoms with van der Waals surface area (Å²) in [5, 5.41) is 3.70. The van der Waals surface area contributed by atoms with Gasteiger partial charge in [-0.05, 0) is 25.1 Å². The zero-order valence-corrected chi connectivity index (χ0v) is 14.4. The highest BCUT2D eigenvalue weighted by Gasteiger charge is 2.19. The predicted octanol–water partition coefficient (Wildman–Crippen LogP) is 4.08. The van der Waals surface area contributed by atoms with E-state index in [9.17, 15) is 8.42 Å². The molecule has 8 heteroatoms. The molecule has 0 saturated carbocycles. The Morgan fingerprint density at radius 1 is 1.13 bits per heavy atom. The summed E-state index contributed by atoms with van der Waals surface area (Å²) in [4.78, 5) is 9.59. The summed E-state index contributed by atoms with van der Waals surface area (Å²) in [6, 6.07) is 11.0. The molecule has 0 atom stereocenters. The first kappa shape index (κ1) is 15.9. The van der Waals surface area contributed by atoms with Gasteiger partial charge in [-0.15, -0.1) is 11.3 Å². The molecule has 0 saturated heterocycles. The molecular formula is C15H12ClN3O2S2. The number of pyridine rings is 1. The third-order valence-electron chi connectivity index (χ3n) is 2.99. The lowest BCUT2D eigenvalue weighted by Gasteiger charge is -2.08. The van der Waals surface area contributed by atoms with Gasteiger partial charge >= 0.3 is 0 Å². The van der Waals surface area contributed by atoms with E-state index in [0.29, 0.717) is 10.9 Å². The van der Waals surface area contributed by atoms with E-state index in [1.165, 1.54) is 23.5 Å². The Bertz CT molecular complexity index is 940. The molecule has 0 aliphatic rings. The molecule has 5 nitrogen and oxygen atoms in total. The Labute approximate surface area is 142 Å². The Kier molecular flexibility index (Phi) is 4.34. The van der Waals surface area contributed by atoms with Gasteiger partial charge in [-0.25, -0.2) is 18.4 Å². The van der Waals surface area contributed by atoms with Crippen LogP contribution in [0.3, 0.4) is 0 Å². The van der Waals surface area contributed by atoms with Crippen LogP contribution in [-0.4, -0.2) is 18.4 Å². The molecular weight excluding hydrogens is 354 g/mol. The summed E-state index contributed by atoms with van der Waals surface area (Å²) < 4.78 is 25.3. The van der Waals surface area contributed by atoms with E-state index in [1.807, 2.05) is 6.92 Å². The minimum absolute atomic E-state index is 0.0829. The average molecular weight is 366 g/mol. The van der Waals surface area contributed by atoms with Gasteiger partial charge in [-0.1, -0.05) is 29.8 Å². The highest BCUT2D eigenvalue weighted by molar-refractivity contribution is 7.91. The standard InChI is InChI=1S/C15H12ClN3O2S2/c1-10-9-17-15(22-10)19-14-8-12(7-13(16)18-14)23(20,21)11-5-3-2-4-6-11/h2-9H,1H3,(H,17,18,19). The van der Waals surface area contributed by atoms with Crippen molar-refractivity contribution in [1.82, 2.24) is 9.97 Å². The molecule has 23 heavy (non-hydrogen) atoms. The van der Waals surface area contributed by atoms with Crippen molar-refractivity contribution in [2.45, 2.75) is 16.7 Å². The highest BCUT2D eigenvalue weighted by atomic mass is 35.5. The van der Waals surface area contributed by atoms with Crippen molar-refractivity contribution >= 4 is 43.7 Å². The monoisotopic (exact) mass is 365 g/mol. The SMILES string of the molecule is Cc1cnc(Nc2cc(S(=O)(=O)c3ccccc3)cc(Cl)n2)s1. The van der Waals surface area contributed by atoms with E-state index in [4.69, 9.17) is 11.6 Å². The lowest BCUT2D eigenvalue weighted by atomic mass is 10.4. The zero-order valence-electron chi connectivity index (χ0n) is 12.0. The van der Waals surface area contributed by atoms with Gasteiger partial charge in [-0.2, -0.15) is 0 Å². The molecule has 2 heterocycles. The molecule has 3 rings (SSSR count). The van der Waals surface area contributed by atoms with Gasteiger partial charge in [0.1, 0.15) is 11.0 Å². The van der Waals surface area contributed by atoms with Crippen LogP contribution in [0, 0.1) is 6.92 Å². The molecule has 0 unspecified atom stereocenters. The maximum atomic E-state index is 12.7. The fourth-order valence-electron chi connectivity index (χ4n) is 1.95. The van der Waals surface area contributed by atoms with Gasteiger partial charge in [0.25, 0.3) is 0 Å². The summed E-state index contributed by atoms with van der Waals surface area (Å²) in [5.74, 6) is 0.335. The average Bonchev–Trinajstić information content (AvgIpc) is 2.92. The zero-order chi connectivity index (χ0) is 16.4. The minimum Gasteiger partial charge on any atom is -0.316 e. The number of benzene rings is 1. The Hall–Kier alpha value is -1.96. The number of thiazole rings is 1. The number of anilines is 2. The van der Waals surface area contributed by atoms with E-state index in [-0.39, 0.29) is 14.9 Å². The molecule has 0 radical (unpaired) electrons. The smallest absolute Gasteiger partial charge is 0.206 e. The van der Waals surface area contributed by atoms with Gasteiger partial charge in [0.05, 0.1) is 9.79 Å². The largest absolute Gasteiger partial charge is 0.316 e. The molecule has 0 amide bonds. The van der Waals surface area contributed by atoms with Crippen LogP contribution in [0.25, 0.3) is 0 Å². The lowest BCUT2D eigenvalue weighted by molar-refractivity contribution is 0.596. The molecule has 0 fully saturated rings. The van der Waals surface area contributed by atoms with Gasteiger partial charge < -0.3 is 5.32 Å². The first-order chi connectivity index (χ1) is 10.9. The molecule has 2 aromatic heterocycles. The molecule has 1 N–H and O–H groups in total. The van der Waals surface area contributed by atoms with Crippen LogP contribution in [0.5, 0.6) is 0 Å². The number of aryl methyl sites for hydroxylation is 1. The van der Waals surface area contributed by atoms with Crippen LogP contribution in [0.4, 0.5) is 10.9 Å². The summed E-state index contributed by atoms with van der Waals surface area (Å²) in [7, 11) is -3.65. The van der Waals surface area contributed by atoms with Crippen LogP contribution in [-0.2, 0) is 9.84 Å². The van der Waals surface area contributed by atoms with Gasteiger partial charge in [0.15, 0.2) is 5.13 Å². The summed E-state index contributed by atoms with van der Waals surface area (Å²) in [5.41, 5.74) is 0. The van der Waals surface area contributed by atoms with Crippen LogP contribution in [0.15, 0.2) is 58.5 Å².